The van der Waals surface area contributed by atoms with Crippen molar-refractivity contribution >= 4 is 23.2 Å². The molecule has 1 aliphatic heterocycles. The van der Waals surface area contributed by atoms with E-state index in [0.29, 0.717) is 36.6 Å². The second-order valence-electron chi connectivity index (χ2n) is 9.69. The summed E-state index contributed by atoms with van der Waals surface area (Å²) in [6.45, 7) is 1.65. The van der Waals surface area contributed by atoms with Crippen LogP contribution in [0.25, 0.3) is 0 Å². The van der Waals surface area contributed by atoms with E-state index in [4.69, 9.17) is 9.90 Å². The van der Waals surface area contributed by atoms with Crippen LogP contribution in [0.15, 0.2) is 59.5 Å². The van der Waals surface area contributed by atoms with Gasteiger partial charge in [0.25, 0.3) is 12.1 Å². The number of ether oxygens (including phenoxy) is 1. The molecule has 0 aromatic heterocycles. The lowest BCUT2D eigenvalue weighted by Crippen LogP contribution is -2.53. The lowest BCUT2D eigenvalue weighted by molar-refractivity contribution is -0.376. The summed E-state index contributed by atoms with van der Waals surface area (Å²) in [4.78, 5) is 24.0. The van der Waals surface area contributed by atoms with E-state index in [2.05, 4.69) is 4.74 Å². The largest absolute Gasteiger partial charge is 0.471 e. The minimum Gasteiger partial charge on any atom is -0.471 e. The molecule has 1 amide bonds. The zero-order valence-electron chi connectivity index (χ0n) is 22.7. The maximum atomic E-state index is 12.9. The summed E-state index contributed by atoms with van der Waals surface area (Å²) in [7, 11) is 0.143. The quantitative estimate of drug-likeness (QED) is 0.330. The normalized spacial score (nSPS) is 18.6. The Kier molecular flexibility index (Phi) is 13.0. The number of hydrogen-bond donors (Lipinski definition) is 1. The van der Waals surface area contributed by atoms with E-state index >= 15 is 0 Å². The van der Waals surface area contributed by atoms with E-state index in [1.54, 1.807) is 12.1 Å². The highest BCUT2D eigenvalue weighted by Crippen LogP contribution is 2.49. The maximum absolute atomic E-state index is 12.9. The van der Waals surface area contributed by atoms with Crippen molar-refractivity contribution in [2.24, 2.45) is 5.92 Å². The molecule has 2 unspecified atom stereocenters. The number of halogens is 7. The number of likely N-dealkylation sites (tertiary alicyclic amines) is 1. The van der Waals surface area contributed by atoms with Crippen LogP contribution >= 0.6 is 0 Å². The minimum absolute atomic E-state index is 0.0296. The number of amides is 1. The summed E-state index contributed by atoms with van der Waals surface area (Å²) in [5.41, 5.74) is -6.09. The van der Waals surface area contributed by atoms with Gasteiger partial charge in [-0.3, -0.25) is 13.8 Å². The molecular weight excluding hydrogens is 595 g/mol. The molecule has 14 heteroatoms. The Morgan fingerprint density at radius 1 is 0.929 bits per heavy atom. The van der Waals surface area contributed by atoms with Crippen molar-refractivity contribution in [3.63, 3.8) is 0 Å². The van der Waals surface area contributed by atoms with Crippen molar-refractivity contribution in [1.29, 1.82) is 0 Å². The summed E-state index contributed by atoms with van der Waals surface area (Å²) in [6.07, 6.45) is -5.35. The maximum Gasteiger partial charge on any atom is 0.430 e. The molecule has 1 saturated heterocycles. The highest BCUT2D eigenvalue weighted by Gasteiger charge is 2.71. The number of carbonyl (C=O) groups is 2. The van der Waals surface area contributed by atoms with Gasteiger partial charge in [-0.25, -0.2) is 4.39 Å². The molecule has 2 atom stereocenters. The summed E-state index contributed by atoms with van der Waals surface area (Å²) in [5.74, 6) is 0.103. The van der Waals surface area contributed by atoms with Gasteiger partial charge < -0.3 is 14.7 Å². The zero-order valence-corrected chi connectivity index (χ0v) is 23.5. The van der Waals surface area contributed by atoms with Crippen LogP contribution in [0, 0.1) is 11.7 Å². The fourth-order valence-electron chi connectivity index (χ4n) is 4.64. The van der Waals surface area contributed by atoms with Crippen LogP contribution in [-0.2, 0) is 30.7 Å². The predicted octanol–water partition coefficient (Wildman–Crippen LogP) is 5.90. The molecular formula is C28H32F7NO5S. The first kappa shape index (κ1) is 35.2. The van der Waals surface area contributed by atoms with E-state index in [0.717, 1.165) is 44.2 Å². The molecule has 1 aliphatic carbocycles. The molecule has 1 saturated carbocycles. The van der Waals surface area contributed by atoms with Gasteiger partial charge in [0, 0.05) is 29.5 Å². The number of carbonyl (C=O) groups excluding carboxylic acids is 2. The average Bonchev–Trinajstić information content (AvgIpc) is 3.47. The van der Waals surface area contributed by atoms with Crippen molar-refractivity contribution in [3.05, 3.63) is 66.0 Å². The zero-order chi connectivity index (χ0) is 31.6. The van der Waals surface area contributed by atoms with Crippen molar-refractivity contribution < 1.29 is 54.4 Å². The first-order valence-electron chi connectivity index (χ1n) is 13.0. The molecule has 2 fully saturated rings. The Balaban J connectivity index is 0.000000272. The number of aliphatic hydroxyl groups is 1. The van der Waals surface area contributed by atoms with E-state index in [1.165, 1.54) is 31.7 Å². The molecule has 1 heterocycles. The van der Waals surface area contributed by atoms with Gasteiger partial charge in [-0.15, -0.1) is 0 Å². The molecule has 0 spiro atoms. The third-order valence-corrected chi connectivity index (χ3v) is 8.60. The fourth-order valence-corrected chi connectivity index (χ4v) is 6.06. The Morgan fingerprint density at radius 3 is 1.93 bits per heavy atom. The average molecular weight is 628 g/mol. The SMILES string of the molecule is COC=O.O=C(C1CCCCC1)N1CCC(S(=O)c2ccc(F)cc2)C1.OC(c1ccccc1)(C(F)(F)F)C(F)(F)F. The first-order chi connectivity index (χ1) is 19.7. The minimum atomic E-state index is -5.83. The molecule has 0 radical (unpaired) electrons. The van der Waals surface area contributed by atoms with Gasteiger partial charge in [-0.1, -0.05) is 49.6 Å². The highest BCUT2D eigenvalue weighted by atomic mass is 32.2. The standard InChI is InChI=1S/C17H22FNO2S.C9H6F6O.C2H4O2/c18-14-6-8-15(9-7-14)22(21)16-10-11-19(12-16)17(20)13-4-2-1-3-5-13;10-8(11,12)7(16,9(13,14)15)6-4-2-1-3-5-6;1-4-2-3/h6-9,13,16H,1-5,10-12H2;1-5,16H;2H,1H3. The van der Waals surface area contributed by atoms with E-state index in [1.807, 2.05) is 4.90 Å². The van der Waals surface area contributed by atoms with E-state index in [9.17, 15) is 39.7 Å². The molecule has 234 valence electrons. The summed E-state index contributed by atoms with van der Waals surface area (Å²) >= 11 is 0. The number of rotatable bonds is 5. The molecule has 4 rings (SSSR count). The molecule has 2 aliphatic rings. The van der Waals surface area contributed by atoms with Crippen LogP contribution in [0.4, 0.5) is 30.7 Å². The Hall–Kier alpha value is -3.00. The van der Waals surface area contributed by atoms with Crippen LogP contribution in [0.2, 0.25) is 0 Å². The third-order valence-electron chi connectivity index (χ3n) is 6.87. The van der Waals surface area contributed by atoms with Gasteiger partial charge in [0.05, 0.1) is 23.2 Å². The lowest BCUT2D eigenvalue weighted by Gasteiger charge is -2.32. The lowest BCUT2D eigenvalue weighted by atomic mass is 9.88. The monoisotopic (exact) mass is 627 g/mol. The van der Waals surface area contributed by atoms with Crippen LogP contribution in [0.1, 0.15) is 44.1 Å². The fraction of sp³-hybridized carbons (Fsp3) is 0.500. The molecule has 42 heavy (non-hydrogen) atoms. The summed E-state index contributed by atoms with van der Waals surface area (Å²) in [5, 5.41) is 8.88. The van der Waals surface area contributed by atoms with Crippen molar-refractivity contribution in [3.8, 4) is 0 Å². The topological polar surface area (TPSA) is 83.9 Å². The van der Waals surface area contributed by atoms with Crippen LogP contribution in [0.3, 0.4) is 0 Å². The van der Waals surface area contributed by atoms with Crippen molar-refractivity contribution in [2.45, 2.75) is 66.6 Å². The number of hydrogen-bond acceptors (Lipinski definition) is 5. The van der Waals surface area contributed by atoms with Crippen molar-refractivity contribution in [2.75, 3.05) is 20.2 Å². The summed E-state index contributed by atoms with van der Waals surface area (Å²) < 4.78 is 103. The van der Waals surface area contributed by atoms with Gasteiger partial charge in [0.2, 0.25) is 5.91 Å². The smallest absolute Gasteiger partial charge is 0.430 e. The molecule has 1 N–H and O–H groups in total. The van der Waals surface area contributed by atoms with Crippen LogP contribution in [0.5, 0.6) is 0 Å². The third kappa shape index (κ3) is 9.00. The first-order valence-corrected chi connectivity index (χ1v) is 14.2. The van der Waals surface area contributed by atoms with Gasteiger partial charge in [0.1, 0.15) is 5.82 Å². The summed E-state index contributed by atoms with van der Waals surface area (Å²) in [6, 6.07) is 10.2. The Bertz CT molecular complexity index is 1140. The van der Waals surface area contributed by atoms with E-state index < -0.39 is 34.3 Å². The second kappa shape index (κ2) is 15.5. The van der Waals surface area contributed by atoms with Gasteiger partial charge in [-0.2, -0.15) is 26.3 Å². The Labute approximate surface area is 241 Å². The number of alkyl halides is 6. The van der Waals surface area contributed by atoms with Gasteiger partial charge in [-0.05, 0) is 43.5 Å². The van der Waals surface area contributed by atoms with Crippen molar-refractivity contribution in [1.82, 2.24) is 4.90 Å². The van der Waals surface area contributed by atoms with E-state index in [-0.39, 0.29) is 22.9 Å². The van der Waals surface area contributed by atoms with Gasteiger partial charge in [0.15, 0.2) is 0 Å². The molecule has 0 bridgehead atoms. The molecule has 2 aromatic rings. The van der Waals surface area contributed by atoms with Gasteiger partial charge >= 0.3 is 12.4 Å². The molecule has 6 nitrogen and oxygen atoms in total. The van der Waals surface area contributed by atoms with Crippen LogP contribution in [-0.4, -0.2) is 64.4 Å². The number of benzene rings is 2. The number of nitrogens with zero attached hydrogens (tertiary/aromatic N) is 1. The number of methoxy groups -OCH3 is 1. The van der Waals surface area contributed by atoms with Crippen LogP contribution < -0.4 is 0 Å². The molecule has 2 aromatic carbocycles. The second-order valence-corrected chi connectivity index (χ2v) is 11.4. The highest BCUT2D eigenvalue weighted by molar-refractivity contribution is 7.85. The Morgan fingerprint density at radius 2 is 1.45 bits per heavy atom. The predicted molar refractivity (Wildman–Crippen MR) is 140 cm³/mol.